The lowest BCUT2D eigenvalue weighted by molar-refractivity contribution is 0.0590. The number of aromatic nitrogens is 2. The van der Waals surface area contributed by atoms with E-state index in [1.54, 1.807) is 12.4 Å². The average Bonchev–Trinajstić information content (AvgIpc) is 2.50. The van der Waals surface area contributed by atoms with Gasteiger partial charge in [0.05, 0.1) is 7.11 Å². The lowest BCUT2D eigenvalue weighted by atomic mass is 10.1. The average molecular weight is 276 g/mol. The van der Waals surface area contributed by atoms with Crippen molar-refractivity contribution < 1.29 is 14.6 Å². The number of fused-ring (bicyclic) bond motifs is 1. The number of hydrogen-bond acceptors (Lipinski definition) is 5. The zero-order valence-electron chi connectivity index (χ0n) is 12.3. The van der Waals surface area contributed by atoms with Gasteiger partial charge in [0, 0.05) is 17.8 Å². The first-order valence-corrected chi connectivity index (χ1v) is 6.73. The van der Waals surface area contributed by atoms with Crippen molar-refractivity contribution in [1.29, 1.82) is 0 Å². The van der Waals surface area contributed by atoms with Crippen LogP contribution in [-0.2, 0) is 11.2 Å². The number of esters is 1. The summed E-state index contributed by atoms with van der Waals surface area (Å²) in [7, 11) is 1.24. The second-order valence-electron chi connectivity index (χ2n) is 3.93. The summed E-state index contributed by atoms with van der Waals surface area (Å²) in [6, 6.07) is 1.89. The normalized spacial score (nSPS) is 9.80. The molecule has 0 aliphatic carbocycles. The van der Waals surface area contributed by atoms with Gasteiger partial charge in [0.15, 0.2) is 11.4 Å². The van der Waals surface area contributed by atoms with Crippen LogP contribution in [0.3, 0.4) is 0 Å². The highest BCUT2D eigenvalue weighted by atomic mass is 16.5. The highest BCUT2D eigenvalue weighted by Gasteiger charge is 2.17. The molecule has 20 heavy (non-hydrogen) atoms. The van der Waals surface area contributed by atoms with Crippen LogP contribution in [0, 0.1) is 0 Å². The van der Waals surface area contributed by atoms with E-state index in [0.717, 1.165) is 23.8 Å². The lowest BCUT2D eigenvalue weighted by Crippen LogP contribution is -2.05. The van der Waals surface area contributed by atoms with E-state index in [-0.39, 0.29) is 11.4 Å². The van der Waals surface area contributed by atoms with E-state index < -0.39 is 5.97 Å². The molecule has 2 aromatic rings. The highest BCUT2D eigenvalue weighted by Crippen LogP contribution is 2.28. The number of carbonyl (C=O) groups excluding carboxylic acids is 1. The van der Waals surface area contributed by atoms with Crippen molar-refractivity contribution in [3.63, 3.8) is 0 Å². The van der Waals surface area contributed by atoms with E-state index in [9.17, 15) is 9.90 Å². The number of pyridine rings is 2. The van der Waals surface area contributed by atoms with Gasteiger partial charge in [-0.05, 0) is 18.1 Å². The van der Waals surface area contributed by atoms with Gasteiger partial charge in [-0.15, -0.1) is 0 Å². The molecule has 0 spiro atoms. The number of ether oxygens (including phenoxy) is 1. The quantitative estimate of drug-likeness (QED) is 0.872. The molecule has 0 bridgehead atoms. The Bertz CT molecular complexity index is 597. The molecule has 0 aliphatic rings. The molecule has 1 N–H and O–H groups in total. The first kappa shape index (κ1) is 15.9. The third kappa shape index (κ3) is 3.04. The van der Waals surface area contributed by atoms with E-state index >= 15 is 0 Å². The molecular formula is C15H20N2O3. The van der Waals surface area contributed by atoms with Crippen LogP contribution in [0.15, 0.2) is 18.5 Å². The summed E-state index contributed by atoms with van der Waals surface area (Å²) in [5, 5.41) is 10.8. The fraction of sp³-hybridized carbons (Fsp3) is 0.400. The number of aryl methyl sites for hydroxylation is 1. The molecule has 0 radical (unpaired) electrons. The van der Waals surface area contributed by atoms with E-state index in [1.165, 1.54) is 7.11 Å². The number of carbonyl (C=O) groups is 1. The lowest BCUT2D eigenvalue weighted by Gasteiger charge is -2.08. The minimum atomic E-state index is -0.669. The number of aromatic hydroxyl groups is 1. The Balaban J connectivity index is 0.000000956. The molecular weight excluding hydrogens is 256 g/mol. The smallest absolute Gasteiger partial charge is 0.360 e. The Hall–Kier alpha value is -2.17. The van der Waals surface area contributed by atoms with Gasteiger partial charge in [0.2, 0.25) is 0 Å². The topological polar surface area (TPSA) is 72.3 Å². The summed E-state index contributed by atoms with van der Waals surface area (Å²) in [5.41, 5.74) is 1.34. The maximum Gasteiger partial charge on any atom is 0.360 e. The van der Waals surface area contributed by atoms with Gasteiger partial charge < -0.3 is 9.84 Å². The van der Waals surface area contributed by atoms with Gasteiger partial charge in [-0.3, -0.25) is 4.98 Å². The molecule has 5 nitrogen and oxygen atoms in total. The Morgan fingerprint density at radius 3 is 2.65 bits per heavy atom. The molecule has 0 amide bonds. The second kappa shape index (κ2) is 7.43. The molecule has 2 heterocycles. The van der Waals surface area contributed by atoms with Crippen molar-refractivity contribution in [2.45, 2.75) is 33.6 Å². The zero-order chi connectivity index (χ0) is 15.1. The van der Waals surface area contributed by atoms with Gasteiger partial charge in [0.25, 0.3) is 0 Å². The van der Waals surface area contributed by atoms with Crippen molar-refractivity contribution in [2.75, 3.05) is 7.11 Å². The first-order chi connectivity index (χ1) is 9.69. The predicted octanol–water partition coefficient (Wildman–Crippen LogP) is 3.10. The van der Waals surface area contributed by atoms with Crippen LogP contribution in [0.25, 0.3) is 10.9 Å². The first-order valence-electron chi connectivity index (χ1n) is 6.73. The monoisotopic (exact) mass is 276 g/mol. The minimum Gasteiger partial charge on any atom is -0.504 e. The van der Waals surface area contributed by atoms with Crippen LogP contribution in [0.5, 0.6) is 5.75 Å². The van der Waals surface area contributed by atoms with Crippen LogP contribution in [0.4, 0.5) is 0 Å². The predicted molar refractivity (Wildman–Crippen MR) is 77.9 cm³/mol. The summed E-state index contributed by atoms with van der Waals surface area (Å²) >= 11 is 0. The number of hydrogen-bond donors (Lipinski definition) is 1. The molecule has 2 aromatic heterocycles. The van der Waals surface area contributed by atoms with E-state index in [0.29, 0.717) is 5.52 Å². The van der Waals surface area contributed by atoms with Gasteiger partial charge in [-0.25, -0.2) is 9.78 Å². The zero-order valence-corrected chi connectivity index (χ0v) is 12.3. The van der Waals surface area contributed by atoms with Crippen LogP contribution >= 0.6 is 0 Å². The van der Waals surface area contributed by atoms with E-state index in [4.69, 9.17) is 0 Å². The van der Waals surface area contributed by atoms with E-state index in [1.807, 2.05) is 19.9 Å². The highest BCUT2D eigenvalue weighted by molar-refractivity contribution is 5.98. The summed E-state index contributed by atoms with van der Waals surface area (Å²) in [6.07, 6.45) is 5.03. The Kier molecular flexibility index (Phi) is 5.90. The van der Waals surface area contributed by atoms with Gasteiger partial charge in [0.1, 0.15) is 5.52 Å². The third-order valence-corrected chi connectivity index (χ3v) is 2.75. The number of nitrogens with zero attached hydrogens (tertiary/aromatic N) is 2. The van der Waals surface area contributed by atoms with Crippen LogP contribution in [0.1, 0.15) is 43.2 Å². The molecule has 0 unspecified atom stereocenters. The molecule has 108 valence electrons. The number of methoxy groups -OCH3 is 1. The Morgan fingerprint density at radius 1 is 1.35 bits per heavy atom. The summed E-state index contributed by atoms with van der Waals surface area (Å²) in [5.74, 6) is -0.894. The van der Waals surface area contributed by atoms with Gasteiger partial charge in [-0.1, -0.05) is 27.2 Å². The van der Waals surface area contributed by atoms with Crippen molar-refractivity contribution in [3.8, 4) is 5.75 Å². The van der Waals surface area contributed by atoms with Gasteiger partial charge in [-0.2, -0.15) is 0 Å². The molecule has 0 aliphatic heterocycles. The van der Waals surface area contributed by atoms with Crippen molar-refractivity contribution >= 4 is 16.9 Å². The molecule has 0 saturated heterocycles. The summed E-state index contributed by atoms with van der Waals surface area (Å²) < 4.78 is 4.55. The molecule has 0 fully saturated rings. The minimum absolute atomic E-state index is 0.105. The standard InChI is InChI=1S/C13H14N2O3.C2H6/c1-3-4-8-5-6-14-10-9(8)7-15-11(12(10)16)13(17)18-2;1-2/h5-7,16H,3-4H2,1-2H3;1-2H3. The van der Waals surface area contributed by atoms with Crippen LogP contribution in [-0.4, -0.2) is 28.2 Å². The second-order valence-corrected chi connectivity index (χ2v) is 3.93. The fourth-order valence-electron chi connectivity index (χ4n) is 1.88. The van der Waals surface area contributed by atoms with Crippen molar-refractivity contribution in [3.05, 3.63) is 29.7 Å². The maximum atomic E-state index is 11.4. The van der Waals surface area contributed by atoms with Crippen LogP contribution in [0.2, 0.25) is 0 Å². The summed E-state index contributed by atoms with van der Waals surface area (Å²) in [6.45, 7) is 6.07. The third-order valence-electron chi connectivity index (χ3n) is 2.75. The van der Waals surface area contributed by atoms with E-state index in [2.05, 4.69) is 21.6 Å². The number of rotatable bonds is 3. The SMILES string of the molecule is CC.CCCc1ccnc2c(O)c(C(=O)OC)ncc12. The molecule has 0 aromatic carbocycles. The summed E-state index contributed by atoms with van der Waals surface area (Å²) in [4.78, 5) is 19.5. The fourth-order valence-corrected chi connectivity index (χ4v) is 1.88. The van der Waals surface area contributed by atoms with Crippen LogP contribution < -0.4 is 0 Å². The molecule has 2 rings (SSSR count). The Morgan fingerprint density at radius 2 is 2.05 bits per heavy atom. The molecule has 5 heteroatoms. The Labute approximate surface area is 118 Å². The van der Waals surface area contributed by atoms with Crippen molar-refractivity contribution in [1.82, 2.24) is 9.97 Å². The maximum absolute atomic E-state index is 11.4. The molecule has 0 saturated carbocycles. The molecule has 0 atom stereocenters. The van der Waals surface area contributed by atoms with Gasteiger partial charge >= 0.3 is 5.97 Å². The largest absolute Gasteiger partial charge is 0.504 e. The van der Waals surface area contributed by atoms with Crippen molar-refractivity contribution in [2.24, 2.45) is 0 Å².